The Kier molecular flexibility index (Phi) is 5.41. The van der Waals surface area contributed by atoms with Gasteiger partial charge < -0.3 is 20.3 Å². The number of carbonyl (C=O) groups excluding carboxylic acids is 3. The summed E-state index contributed by atoms with van der Waals surface area (Å²) >= 11 is 1.53. The molecule has 0 aliphatic carbocycles. The van der Waals surface area contributed by atoms with E-state index in [-0.39, 0.29) is 17.7 Å². The molecule has 5 rings (SSSR count). The van der Waals surface area contributed by atoms with Crippen LogP contribution in [0.2, 0.25) is 0 Å². The average Bonchev–Trinajstić information content (AvgIpc) is 3.51. The third-order valence-corrected chi connectivity index (χ3v) is 7.59. The number of carbonyl (C=O) groups is 3. The molecule has 2 fully saturated rings. The predicted octanol–water partition coefficient (Wildman–Crippen LogP) is 3.26. The summed E-state index contributed by atoms with van der Waals surface area (Å²) in [6, 6.07) is 10.5. The summed E-state index contributed by atoms with van der Waals surface area (Å²) in [5.74, 6) is -2.24. The average molecular weight is 480 g/mol. The van der Waals surface area contributed by atoms with E-state index in [0.29, 0.717) is 12.2 Å². The van der Waals surface area contributed by atoms with E-state index < -0.39 is 35.1 Å². The van der Waals surface area contributed by atoms with Gasteiger partial charge in [-0.25, -0.2) is 0 Å². The largest absolute Gasteiger partial charge is 0.359 e. The van der Waals surface area contributed by atoms with Crippen molar-refractivity contribution < 1.29 is 19.1 Å². The molecule has 2 aromatic rings. The summed E-state index contributed by atoms with van der Waals surface area (Å²) in [7, 11) is 0. The van der Waals surface area contributed by atoms with Crippen LogP contribution < -0.4 is 10.6 Å². The summed E-state index contributed by atoms with van der Waals surface area (Å²) in [5.41, 5.74) is -0.00564. The third kappa shape index (κ3) is 3.65. The maximum atomic E-state index is 13.9. The molecule has 1 spiro atoms. The number of nitrogens with one attached hydrogen (secondary N) is 2. The molecule has 1 aromatic carbocycles. The Labute approximate surface area is 203 Å². The molecule has 5 atom stereocenters. The molecule has 0 radical (unpaired) electrons. The van der Waals surface area contributed by atoms with Crippen molar-refractivity contribution in [1.29, 1.82) is 0 Å². The standard InChI is InChI=1S/C26H29N3O4S/c1-15-8-5-6-10-17(15)27-22(30)19-18-11-12-26(33-18)20(19)24(32)29(14-16-9-7-13-34-16)21(26)23(31)28-25(2,3)4/h5-13,18-21H,14H2,1-4H3,(H,27,30)(H,28,31)/t18-,19-,20+,21-,26+/m1/s1. The minimum Gasteiger partial charge on any atom is -0.359 e. The number of thiophene rings is 1. The number of benzene rings is 1. The van der Waals surface area contributed by atoms with Crippen LogP contribution in [0.4, 0.5) is 5.69 Å². The Bertz CT molecular complexity index is 1170. The van der Waals surface area contributed by atoms with E-state index >= 15 is 0 Å². The molecule has 4 heterocycles. The molecule has 1 aromatic heterocycles. The molecule has 178 valence electrons. The third-order valence-electron chi connectivity index (χ3n) is 6.73. The highest BCUT2D eigenvalue weighted by Gasteiger charge is 2.72. The Hall–Kier alpha value is -2.97. The number of anilines is 1. The highest BCUT2D eigenvalue weighted by atomic mass is 32.1. The topological polar surface area (TPSA) is 87.7 Å². The van der Waals surface area contributed by atoms with Crippen LogP contribution in [-0.4, -0.2) is 45.9 Å². The quantitative estimate of drug-likeness (QED) is 0.645. The highest BCUT2D eigenvalue weighted by Crippen LogP contribution is 2.55. The monoisotopic (exact) mass is 479 g/mol. The van der Waals surface area contributed by atoms with Crippen LogP contribution in [0.1, 0.15) is 31.2 Å². The van der Waals surface area contributed by atoms with Crippen molar-refractivity contribution in [2.45, 2.75) is 57.5 Å². The molecule has 2 saturated heterocycles. The first-order valence-electron chi connectivity index (χ1n) is 11.5. The normalized spacial score (nSPS) is 29.4. The molecule has 8 heteroatoms. The van der Waals surface area contributed by atoms with Crippen LogP contribution >= 0.6 is 11.3 Å². The zero-order chi connectivity index (χ0) is 24.3. The van der Waals surface area contributed by atoms with Crippen LogP contribution in [0.3, 0.4) is 0 Å². The first kappa shape index (κ1) is 22.8. The van der Waals surface area contributed by atoms with Crippen LogP contribution in [0, 0.1) is 18.8 Å². The lowest BCUT2D eigenvalue weighted by Gasteiger charge is -2.34. The molecule has 2 N–H and O–H groups in total. The molecule has 2 bridgehead atoms. The lowest BCUT2D eigenvalue weighted by atomic mass is 9.74. The van der Waals surface area contributed by atoms with E-state index in [0.717, 1.165) is 10.4 Å². The predicted molar refractivity (Wildman–Crippen MR) is 130 cm³/mol. The van der Waals surface area contributed by atoms with Gasteiger partial charge >= 0.3 is 0 Å². The Morgan fingerprint density at radius 1 is 1.15 bits per heavy atom. The van der Waals surface area contributed by atoms with Gasteiger partial charge in [-0.1, -0.05) is 36.4 Å². The lowest BCUT2D eigenvalue weighted by molar-refractivity contribution is -0.142. The molecular weight excluding hydrogens is 450 g/mol. The van der Waals surface area contributed by atoms with Gasteiger partial charge in [0.2, 0.25) is 17.7 Å². The maximum Gasteiger partial charge on any atom is 0.246 e. The first-order valence-corrected chi connectivity index (χ1v) is 12.4. The minimum absolute atomic E-state index is 0.223. The zero-order valence-corrected chi connectivity index (χ0v) is 20.5. The molecule has 7 nitrogen and oxygen atoms in total. The number of ether oxygens (including phenoxy) is 1. The fourth-order valence-electron chi connectivity index (χ4n) is 5.38. The molecule has 34 heavy (non-hydrogen) atoms. The van der Waals surface area contributed by atoms with Gasteiger partial charge in [-0.05, 0) is 50.8 Å². The SMILES string of the molecule is Cc1ccccc1NC(=O)[C@H]1[C@H]2C(=O)N(Cc3cccs3)[C@H](C(=O)NC(C)(C)C)[C@]23C=C[C@H]1O3. The van der Waals surface area contributed by atoms with E-state index in [1.807, 2.05) is 81.6 Å². The Balaban J connectivity index is 1.51. The molecule has 3 amide bonds. The van der Waals surface area contributed by atoms with Gasteiger partial charge in [-0.3, -0.25) is 14.4 Å². The smallest absolute Gasteiger partial charge is 0.246 e. The van der Waals surface area contributed by atoms with Gasteiger partial charge in [0, 0.05) is 16.1 Å². The second kappa shape index (κ2) is 8.06. The number of nitrogens with zero attached hydrogens (tertiary/aromatic N) is 1. The fraction of sp³-hybridized carbons (Fsp3) is 0.423. The maximum absolute atomic E-state index is 13.9. The van der Waals surface area contributed by atoms with Gasteiger partial charge in [0.25, 0.3) is 0 Å². The molecule has 3 aliphatic heterocycles. The van der Waals surface area contributed by atoms with Gasteiger partial charge in [-0.15, -0.1) is 11.3 Å². The van der Waals surface area contributed by atoms with Gasteiger partial charge in [0.1, 0.15) is 11.6 Å². The number of fused-ring (bicyclic) bond motifs is 1. The molecule has 0 unspecified atom stereocenters. The second-order valence-electron chi connectivity index (χ2n) is 10.3. The number of likely N-dealkylation sites (tertiary alicyclic amines) is 1. The Morgan fingerprint density at radius 3 is 2.59 bits per heavy atom. The van der Waals surface area contributed by atoms with E-state index in [9.17, 15) is 14.4 Å². The van der Waals surface area contributed by atoms with Crippen molar-refractivity contribution in [3.63, 3.8) is 0 Å². The summed E-state index contributed by atoms with van der Waals surface area (Å²) in [5, 5.41) is 7.96. The lowest BCUT2D eigenvalue weighted by Crippen LogP contribution is -2.57. The van der Waals surface area contributed by atoms with E-state index in [1.54, 1.807) is 4.90 Å². The number of amides is 3. The van der Waals surface area contributed by atoms with E-state index in [2.05, 4.69) is 10.6 Å². The first-order chi connectivity index (χ1) is 16.1. The van der Waals surface area contributed by atoms with E-state index in [4.69, 9.17) is 4.74 Å². The van der Waals surface area contributed by atoms with Crippen LogP contribution in [0.25, 0.3) is 0 Å². The van der Waals surface area contributed by atoms with Gasteiger partial charge in [0.05, 0.1) is 24.5 Å². The Morgan fingerprint density at radius 2 is 1.91 bits per heavy atom. The number of hydrogen-bond acceptors (Lipinski definition) is 5. The van der Waals surface area contributed by atoms with Crippen molar-refractivity contribution in [3.05, 3.63) is 64.4 Å². The second-order valence-corrected chi connectivity index (χ2v) is 11.3. The minimum atomic E-state index is -1.16. The summed E-state index contributed by atoms with van der Waals surface area (Å²) in [6.07, 6.45) is 3.11. The zero-order valence-electron chi connectivity index (χ0n) is 19.7. The summed E-state index contributed by atoms with van der Waals surface area (Å²) in [6.45, 7) is 7.93. The highest BCUT2D eigenvalue weighted by molar-refractivity contribution is 7.09. The van der Waals surface area contributed by atoms with Gasteiger partial charge in [0.15, 0.2) is 0 Å². The van der Waals surface area contributed by atoms with Crippen molar-refractivity contribution in [3.8, 4) is 0 Å². The number of hydrogen-bond donors (Lipinski definition) is 2. The van der Waals surface area contributed by atoms with E-state index in [1.165, 1.54) is 11.3 Å². The van der Waals surface area contributed by atoms with Gasteiger partial charge in [-0.2, -0.15) is 0 Å². The van der Waals surface area contributed by atoms with Crippen molar-refractivity contribution in [2.75, 3.05) is 5.32 Å². The molecular formula is C26H29N3O4S. The number of rotatable bonds is 5. The van der Waals surface area contributed by atoms with Crippen LogP contribution in [0.15, 0.2) is 53.9 Å². The van der Waals surface area contributed by atoms with Crippen molar-refractivity contribution in [1.82, 2.24) is 10.2 Å². The molecule has 3 aliphatic rings. The van der Waals surface area contributed by atoms with Crippen LogP contribution in [0.5, 0.6) is 0 Å². The summed E-state index contributed by atoms with van der Waals surface area (Å²) in [4.78, 5) is 43.5. The number of para-hydroxylation sites is 1. The number of aryl methyl sites for hydroxylation is 1. The fourth-order valence-corrected chi connectivity index (χ4v) is 6.08. The van der Waals surface area contributed by atoms with Crippen molar-refractivity contribution in [2.24, 2.45) is 11.8 Å². The summed E-state index contributed by atoms with van der Waals surface area (Å²) < 4.78 is 6.36. The molecule has 0 saturated carbocycles. The van der Waals surface area contributed by atoms with Crippen LogP contribution in [-0.2, 0) is 25.7 Å². The van der Waals surface area contributed by atoms with Crippen molar-refractivity contribution >= 4 is 34.7 Å².